The predicted molar refractivity (Wildman–Crippen MR) is 55.6 cm³/mol. The fourth-order valence-electron chi connectivity index (χ4n) is 0.774. The molecule has 0 saturated carbocycles. The largest absolute Gasteiger partial charge is 0.505 e. The second kappa shape index (κ2) is 4.52. The number of aromatic hydroxyl groups is 1. The first-order chi connectivity index (χ1) is 6.59. The minimum absolute atomic E-state index is 0.0282. The molecule has 0 atom stereocenters. The van der Waals surface area contributed by atoms with Crippen molar-refractivity contribution in [2.24, 2.45) is 10.8 Å². The van der Waals surface area contributed by atoms with E-state index < -0.39 is 11.6 Å². The number of hydrogen-bond donors (Lipinski definition) is 3. The van der Waals surface area contributed by atoms with E-state index in [1.165, 1.54) is 18.3 Å². The summed E-state index contributed by atoms with van der Waals surface area (Å²) in [4.78, 5) is 0. The third-order valence-corrected chi connectivity index (χ3v) is 1.45. The lowest BCUT2D eigenvalue weighted by atomic mass is 10.2. The summed E-state index contributed by atoms with van der Waals surface area (Å²) in [5, 5.41) is 12.5. The molecule has 74 valence electrons. The van der Waals surface area contributed by atoms with Gasteiger partial charge in [-0.25, -0.2) is 4.39 Å². The van der Waals surface area contributed by atoms with Crippen LogP contribution in [-0.4, -0.2) is 16.4 Å². The first-order valence-electron chi connectivity index (χ1n) is 3.66. The summed E-state index contributed by atoms with van der Waals surface area (Å²) in [6.45, 7) is 0. The maximum Gasteiger partial charge on any atom is 0.184 e. The Hall–Kier alpha value is -1.69. The molecule has 0 spiro atoms. The molecule has 0 saturated heterocycles. The highest BCUT2D eigenvalue weighted by atomic mass is 32.1. The number of rotatable bonds is 2. The van der Waals surface area contributed by atoms with Crippen molar-refractivity contribution < 1.29 is 9.50 Å². The molecule has 1 rings (SSSR count). The van der Waals surface area contributed by atoms with Gasteiger partial charge in [0.05, 0.1) is 6.21 Å². The van der Waals surface area contributed by atoms with Crippen LogP contribution in [0.5, 0.6) is 5.75 Å². The SMILES string of the molecule is NC(=S)NN=Cc1ccc(O)c(F)c1. The summed E-state index contributed by atoms with van der Waals surface area (Å²) >= 11 is 4.50. The van der Waals surface area contributed by atoms with Crippen molar-refractivity contribution in [3.05, 3.63) is 29.6 Å². The van der Waals surface area contributed by atoms with Crippen LogP contribution in [0.4, 0.5) is 4.39 Å². The molecule has 14 heavy (non-hydrogen) atoms. The van der Waals surface area contributed by atoms with Gasteiger partial charge >= 0.3 is 0 Å². The van der Waals surface area contributed by atoms with Crippen LogP contribution in [0.1, 0.15) is 5.56 Å². The van der Waals surface area contributed by atoms with E-state index in [-0.39, 0.29) is 5.11 Å². The number of phenolic OH excluding ortho intramolecular Hbond substituents is 1. The topological polar surface area (TPSA) is 70.6 Å². The molecule has 0 bridgehead atoms. The predicted octanol–water partition coefficient (Wildman–Crippen LogP) is 0.698. The molecular weight excluding hydrogens is 205 g/mol. The smallest absolute Gasteiger partial charge is 0.184 e. The number of nitrogens with two attached hydrogens (primary N) is 1. The van der Waals surface area contributed by atoms with Crippen LogP contribution in [0.15, 0.2) is 23.3 Å². The molecule has 0 amide bonds. The van der Waals surface area contributed by atoms with Crippen LogP contribution in [0.2, 0.25) is 0 Å². The molecule has 1 aromatic carbocycles. The highest BCUT2D eigenvalue weighted by molar-refractivity contribution is 7.80. The van der Waals surface area contributed by atoms with Crippen molar-refractivity contribution in [1.82, 2.24) is 5.43 Å². The second-order valence-electron chi connectivity index (χ2n) is 2.45. The number of phenols is 1. The number of halogens is 1. The molecule has 0 aliphatic heterocycles. The summed E-state index contributed by atoms with van der Waals surface area (Å²) in [7, 11) is 0. The quantitative estimate of drug-likeness (QED) is 0.384. The van der Waals surface area contributed by atoms with Gasteiger partial charge in [0.2, 0.25) is 0 Å². The summed E-state index contributed by atoms with van der Waals surface area (Å²) in [6, 6.07) is 3.88. The van der Waals surface area contributed by atoms with Gasteiger partial charge in [-0.1, -0.05) is 0 Å². The first kappa shape index (κ1) is 10.4. The number of nitrogens with one attached hydrogen (secondary N) is 1. The van der Waals surface area contributed by atoms with Crippen LogP contribution in [0, 0.1) is 5.82 Å². The molecule has 0 aliphatic carbocycles. The number of hydrazone groups is 1. The molecule has 4 nitrogen and oxygen atoms in total. The highest BCUT2D eigenvalue weighted by Crippen LogP contribution is 2.14. The number of benzene rings is 1. The molecule has 0 aromatic heterocycles. The fourth-order valence-corrected chi connectivity index (χ4v) is 0.827. The van der Waals surface area contributed by atoms with E-state index in [9.17, 15) is 4.39 Å². The maximum absolute atomic E-state index is 12.8. The van der Waals surface area contributed by atoms with E-state index in [1.54, 1.807) is 0 Å². The summed E-state index contributed by atoms with van der Waals surface area (Å²) in [6.07, 6.45) is 1.34. The van der Waals surface area contributed by atoms with Crippen LogP contribution in [0.3, 0.4) is 0 Å². The summed E-state index contributed by atoms with van der Waals surface area (Å²) in [5.41, 5.74) is 7.91. The number of nitrogens with zero attached hydrogens (tertiary/aromatic N) is 1. The van der Waals surface area contributed by atoms with Gasteiger partial charge in [-0.05, 0) is 36.0 Å². The monoisotopic (exact) mass is 213 g/mol. The minimum Gasteiger partial charge on any atom is -0.505 e. The van der Waals surface area contributed by atoms with Gasteiger partial charge in [0, 0.05) is 0 Å². The normalized spacial score (nSPS) is 10.4. The number of hydrogen-bond acceptors (Lipinski definition) is 3. The highest BCUT2D eigenvalue weighted by Gasteiger charge is 1.98. The number of thiocarbonyl (C=S) groups is 1. The van der Waals surface area contributed by atoms with Gasteiger partial charge < -0.3 is 10.8 Å². The summed E-state index contributed by atoms with van der Waals surface area (Å²) in [5.74, 6) is -1.10. The van der Waals surface area contributed by atoms with Crippen molar-refractivity contribution in [2.45, 2.75) is 0 Å². The average molecular weight is 213 g/mol. The van der Waals surface area contributed by atoms with E-state index in [0.717, 1.165) is 6.07 Å². The van der Waals surface area contributed by atoms with Crippen LogP contribution < -0.4 is 11.2 Å². The van der Waals surface area contributed by atoms with Gasteiger partial charge in [0.25, 0.3) is 0 Å². The van der Waals surface area contributed by atoms with E-state index in [0.29, 0.717) is 5.56 Å². The standard InChI is InChI=1S/C8H8FN3OS/c9-6-3-5(1-2-7(6)13)4-11-12-8(10)14/h1-4,13H,(H3,10,12,14). The van der Waals surface area contributed by atoms with Crippen molar-refractivity contribution in [2.75, 3.05) is 0 Å². The zero-order chi connectivity index (χ0) is 10.6. The Morgan fingerprint density at radius 2 is 2.36 bits per heavy atom. The van der Waals surface area contributed by atoms with Crippen molar-refractivity contribution in [3.63, 3.8) is 0 Å². The third kappa shape index (κ3) is 2.98. The maximum atomic E-state index is 12.8. The minimum atomic E-state index is -0.704. The van der Waals surface area contributed by atoms with Crippen LogP contribution >= 0.6 is 12.2 Å². The Morgan fingerprint density at radius 1 is 1.64 bits per heavy atom. The fraction of sp³-hybridized carbons (Fsp3) is 0. The summed E-state index contributed by atoms with van der Waals surface area (Å²) < 4.78 is 12.8. The van der Waals surface area contributed by atoms with Crippen LogP contribution in [0.25, 0.3) is 0 Å². The Balaban J connectivity index is 2.73. The van der Waals surface area contributed by atoms with Crippen molar-refractivity contribution in [1.29, 1.82) is 0 Å². The van der Waals surface area contributed by atoms with Crippen LogP contribution in [-0.2, 0) is 0 Å². The Morgan fingerprint density at radius 3 is 2.93 bits per heavy atom. The van der Waals surface area contributed by atoms with E-state index in [4.69, 9.17) is 10.8 Å². The lowest BCUT2D eigenvalue weighted by Crippen LogP contribution is -2.23. The molecule has 0 heterocycles. The van der Waals surface area contributed by atoms with Gasteiger partial charge in [-0.3, -0.25) is 5.43 Å². The molecule has 0 unspecified atom stereocenters. The molecule has 1 aromatic rings. The molecule has 4 N–H and O–H groups in total. The van der Waals surface area contributed by atoms with Gasteiger partial charge in [0.15, 0.2) is 16.7 Å². The molecule has 0 fully saturated rings. The van der Waals surface area contributed by atoms with Gasteiger partial charge in [-0.15, -0.1) is 0 Å². The zero-order valence-electron chi connectivity index (χ0n) is 7.07. The van der Waals surface area contributed by atoms with Gasteiger partial charge in [-0.2, -0.15) is 5.10 Å². The zero-order valence-corrected chi connectivity index (χ0v) is 7.88. The average Bonchev–Trinajstić information content (AvgIpc) is 2.10. The van der Waals surface area contributed by atoms with Crippen molar-refractivity contribution >= 4 is 23.5 Å². The van der Waals surface area contributed by atoms with E-state index in [1.807, 2.05) is 0 Å². The van der Waals surface area contributed by atoms with Crippen molar-refractivity contribution in [3.8, 4) is 5.75 Å². The molecule has 0 aliphatic rings. The Labute approximate surface area is 85.2 Å². The van der Waals surface area contributed by atoms with E-state index >= 15 is 0 Å². The lowest BCUT2D eigenvalue weighted by Gasteiger charge is -1.97. The second-order valence-corrected chi connectivity index (χ2v) is 2.88. The molecule has 6 heteroatoms. The van der Waals surface area contributed by atoms with Gasteiger partial charge in [0.1, 0.15) is 0 Å². The first-order valence-corrected chi connectivity index (χ1v) is 4.07. The third-order valence-electron chi connectivity index (χ3n) is 1.36. The Bertz CT molecular complexity index is 381. The molecule has 0 radical (unpaired) electrons. The van der Waals surface area contributed by atoms with E-state index in [2.05, 4.69) is 22.7 Å². The molecular formula is C8H8FN3OS. The Kier molecular flexibility index (Phi) is 3.35. The lowest BCUT2D eigenvalue weighted by molar-refractivity contribution is 0.432.